The molecule has 2 fully saturated rings. The van der Waals surface area contributed by atoms with Crippen LogP contribution in [0.4, 0.5) is 23.4 Å². The molecule has 2 aliphatic heterocycles. The van der Waals surface area contributed by atoms with Gasteiger partial charge in [-0.15, -0.1) is 0 Å². The minimum atomic E-state index is -1.27. The summed E-state index contributed by atoms with van der Waals surface area (Å²) in [7, 11) is 3.22. The van der Waals surface area contributed by atoms with Gasteiger partial charge < -0.3 is 40.3 Å². The molecule has 0 aliphatic carbocycles. The summed E-state index contributed by atoms with van der Waals surface area (Å²) in [4.78, 5) is 35.6. The molecule has 0 amide bonds. The van der Waals surface area contributed by atoms with Crippen molar-refractivity contribution in [2.24, 2.45) is 0 Å². The number of nitrogens with zero attached hydrogens (tertiary/aromatic N) is 7. The SMILES string of the molecule is COc1cc2nc(N3CCN(c4nc(N)c(C(=O)O)nc4Cl)CC3)nc(N3CCNCC3)c2cc1OC. The van der Waals surface area contributed by atoms with E-state index in [9.17, 15) is 9.90 Å². The van der Waals surface area contributed by atoms with Crippen molar-refractivity contribution in [2.75, 3.05) is 87.0 Å². The number of hydrogen-bond acceptors (Lipinski definition) is 12. The van der Waals surface area contributed by atoms with Crippen LogP contribution in [0.3, 0.4) is 0 Å². The average molecular weight is 530 g/mol. The topological polar surface area (TPSA) is 155 Å². The second-order valence-corrected chi connectivity index (χ2v) is 9.02. The van der Waals surface area contributed by atoms with Crippen LogP contribution in [0.5, 0.6) is 11.5 Å². The quantitative estimate of drug-likeness (QED) is 0.417. The van der Waals surface area contributed by atoms with Crippen molar-refractivity contribution < 1.29 is 19.4 Å². The molecular weight excluding hydrogens is 502 g/mol. The lowest BCUT2D eigenvalue weighted by Crippen LogP contribution is -2.48. The number of methoxy groups -OCH3 is 2. The lowest BCUT2D eigenvalue weighted by atomic mass is 10.2. The van der Waals surface area contributed by atoms with Gasteiger partial charge in [-0.3, -0.25) is 0 Å². The molecule has 4 heterocycles. The first-order chi connectivity index (χ1) is 17.9. The van der Waals surface area contributed by atoms with E-state index in [1.54, 1.807) is 14.2 Å². The number of piperazine rings is 2. The fraction of sp³-hybridized carbons (Fsp3) is 0.435. The Balaban J connectivity index is 1.45. The van der Waals surface area contributed by atoms with Gasteiger partial charge in [0.15, 0.2) is 34.0 Å². The van der Waals surface area contributed by atoms with Gasteiger partial charge in [0.2, 0.25) is 5.95 Å². The van der Waals surface area contributed by atoms with Gasteiger partial charge in [-0.25, -0.2) is 19.7 Å². The summed E-state index contributed by atoms with van der Waals surface area (Å²) in [6.07, 6.45) is 0. The van der Waals surface area contributed by atoms with Crippen LogP contribution in [0.15, 0.2) is 12.1 Å². The highest BCUT2D eigenvalue weighted by atomic mass is 35.5. The number of halogens is 1. The van der Waals surface area contributed by atoms with Crippen LogP contribution in [-0.2, 0) is 0 Å². The predicted molar refractivity (Wildman–Crippen MR) is 141 cm³/mol. The Labute approximate surface area is 218 Å². The maximum Gasteiger partial charge on any atom is 0.358 e. The van der Waals surface area contributed by atoms with E-state index >= 15 is 0 Å². The molecule has 37 heavy (non-hydrogen) atoms. The minimum Gasteiger partial charge on any atom is -0.493 e. The Morgan fingerprint density at radius 3 is 2.19 bits per heavy atom. The van der Waals surface area contributed by atoms with Crippen LogP contribution < -0.4 is 35.2 Å². The van der Waals surface area contributed by atoms with Crippen LogP contribution in [0, 0.1) is 0 Å². The second kappa shape index (κ2) is 10.3. The minimum absolute atomic E-state index is 0.00374. The van der Waals surface area contributed by atoms with E-state index in [1.165, 1.54) is 0 Å². The molecule has 0 radical (unpaired) electrons. The average Bonchev–Trinajstić information content (AvgIpc) is 2.93. The molecule has 2 aliphatic rings. The number of carbonyl (C=O) groups is 1. The number of fused-ring (bicyclic) bond motifs is 1. The summed E-state index contributed by atoms with van der Waals surface area (Å²) in [5.74, 6) is 1.63. The van der Waals surface area contributed by atoms with Crippen molar-refractivity contribution >= 4 is 51.9 Å². The zero-order chi connectivity index (χ0) is 26.1. The van der Waals surface area contributed by atoms with Crippen molar-refractivity contribution in [2.45, 2.75) is 0 Å². The Morgan fingerprint density at radius 1 is 0.919 bits per heavy atom. The molecule has 5 rings (SSSR count). The number of aromatic carboxylic acids is 1. The molecule has 14 heteroatoms. The molecule has 4 N–H and O–H groups in total. The van der Waals surface area contributed by atoms with E-state index in [-0.39, 0.29) is 16.7 Å². The maximum absolute atomic E-state index is 11.3. The van der Waals surface area contributed by atoms with Crippen LogP contribution in [0.2, 0.25) is 5.15 Å². The monoisotopic (exact) mass is 529 g/mol. The molecule has 196 valence electrons. The van der Waals surface area contributed by atoms with Gasteiger partial charge in [-0.05, 0) is 6.07 Å². The van der Waals surface area contributed by atoms with Crippen molar-refractivity contribution in [3.05, 3.63) is 23.0 Å². The first-order valence-electron chi connectivity index (χ1n) is 11.8. The normalized spacial score (nSPS) is 16.2. The van der Waals surface area contributed by atoms with E-state index in [2.05, 4.69) is 25.1 Å². The number of benzene rings is 1. The lowest BCUT2D eigenvalue weighted by molar-refractivity contribution is 0.0691. The molecule has 0 atom stereocenters. The summed E-state index contributed by atoms with van der Waals surface area (Å²) in [5.41, 5.74) is 6.21. The fourth-order valence-electron chi connectivity index (χ4n) is 4.58. The third kappa shape index (κ3) is 4.79. The predicted octanol–water partition coefficient (Wildman–Crippen LogP) is 1.11. The van der Waals surface area contributed by atoms with Crippen molar-refractivity contribution in [3.63, 3.8) is 0 Å². The van der Waals surface area contributed by atoms with Gasteiger partial charge in [0, 0.05) is 63.8 Å². The molecular formula is C23H28ClN9O4. The Bertz CT molecular complexity index is 1330. The fourth-order valence-corrected chi connectivity index (χ4v) is 4.83. The van der Waals surface area contributed by atoms with E-state index in [1.807, 2.05) is 17.0 Å². The van der Waals surface area contributed by atoms with Gasteiger partial charge in [0.25, 0.3) is 0 Å². The molecule has 2 aromatic heterocycles. The number of anilines is 4. The summed E-state index contributed by atoms with van der Waals surface area (Å²) in [6.45, 7) is 5.71. The molecule has 1 aromatic carbocycles. The largest absolute Gasteiger partial charge is 0.493 e. The van der Waals surface area contributed by atoms with E-state index in [0.29, 0.717) is 49.4 Å². The van der Waals surface area contributed by atoms with Crippen LogP contribution in [-0.4, -0.2) is 97.6 Å². The van der Waals surface area contributed by atoms with Crippen LogP contribution in [0.1, 0.15) is 10.5 Å². The molecule has 0 unspecified atom stereocenters. The first-order valence-corrected chi connectivity index (χ1v) is 12.2. The highest BCUT2D eigenvalue weighted by molar-refractivity contribution is 6.32. The number of nitrogens with two attached hydrogens (primary N) is 1. The maximum atomic E-state index is 11.3. The van der Waals surface area contributed by atoms with Gasteiger partial charge in [-0.2, -0.15) is 4.98 Å². The zero-order valence-electron chi connectivity index (χ0n) is 20.6. The summed E-state index contributed by atoms with van der Waals surface area (Å²) in [6, 6.07) is 3.81. The number of aromatic nitrogens is 4. The highest BCUT2D eigenvalue weighted by Crippen LogP contribution is 2.36. The van der Waals surface area contributed by atoms with Crippen molar-refractivity contribution in [1.82, 2.24) is 25.3 Å². The number of carboxylic acids is 1. The van der Waals surface area contributed by atoms with E-state index in [4.69, 9.17) is 36.8 Å². The van der Waals surface area contributed by atoms with Gasteiger partial charge >= 0.3 is 5.97 Å². The van der Waals surface area contributed by atoms with Crippen LogP contribution in [0.25, 0.3) is 10.9 Å². The van der Waals surface area contributed by atoms with Gasteiger partial charge in [0.05, 0.1) is 19.7 Å². The summed E-state index contributed by atoms with van der Waals surface area (Å²) < 4.78 is 11.1. The number of hydrogen-bond donors (Lipinski definition) is 3. The van der Waals surface area contributed by atoms with Gasteiger partial charge in [0.1, 0.15) is 5.82 Å². The van der Waals surface area contributed by atoms with E-state index in [0.717, 1.165) is 42.9 Å². The van der Waals surface area contributed by atoms with E-state index < -0.39 is 5.97 Å². The lowest BCUT2D eigenvalue weighted by Gasteiger charge is -2.36. The molecule has 2 saturated heterocycles. The first kappa shape index (κ1) is 24.8. The molecule has 0 saturated carbocycles. The van der Waals surface area contributed by atoms with Crippen molar-refractivity contribution in [3.8, 4) is 11.5 Å². The zero-order valence-corrected chi connectivity index (χ0v) is 21.3. The smallest absolute Gasteiger partial charge is 0.358 e. The molecule has 13 nitrogen and oxygen atoms in total. The summed E-state index contributed by atoms with van der Waals surface area (Å²) in [5, 5.41) is 13.5. The third-order valence-corrected chi connectivity index (χ3v) is 6.77. The van der Waals surface area contributed by atoms with Crippen LogP contribution >= 0.6 is 11.6 Å². The number of rotatable bonds is 6. The Hall–Kier alpha value is -3.84. The summed E-state index contributed by atoms with van der Waals surface area (Å²) >= 11 is 6.25. The number of ether oxygens (including phenoxy) is 2. The Kier molecular flexibility index (Phi) is 6.89. The Morgan fingerprint density at radius 2 is 1.54 bits per heavy atom. The highest BCUT2D eigenvalue weighted by Gasteiger charge is 2.27. The number of carboxylic acid groups (broad SMARTS) is 1. The number of nitrogen functional groups attached to an aromatic ring is 1. The second-order valence-electron chi connectivity index (χ2n) is 8.66. The standard InChI is InChI=1S/C23H28ClN9O4/c1-36-15-11-13-14(12-16(15)37-2)27-23(30-20(13)31-5-3-26-4-6-31)33-9-7-32(8-10-33)21-18(24)28-17(22(34)35)19(25)29-21/h11-12,26H,3-10H2,1-2H3,(H2,25,29)(H,34,35). The van der Waals surface area contributed by atoms with Crippen molar-refractivity contribution in [1.29, 1.82) is 0 Å². The number of nitrogens with one attached hydrogen (secondary N) is 1. The van der Waals surface area contributed by atoms with Gasteiger partial charge in [-0.1, -0.05) is 11.6 Å². The third-order valence-electron chi connectivity index (χ3n) is 6.51. The molecule has 3 aromatic rings. The molecule has 0 bridgehead atoms. The molecule has 0 spiro atoms.